The van der Waals surface area contributed by atoms with E-state index in [4.69, 9.17) is 4.42 Å². The Morgan fingerprint density at radius 2 is 1.68 bits per heavy atom. The van der Waals surface area contributed by atoms with Crippen molar-refractivity contribution in [3.05, 3.63) is 70.7 Å². The maximum Gasteiger partial charge on any atom is 0.420 e. The van der Waals surface area contributed by atoms with E-state index in [0.29, 0.717) is 17.0 Å². The molecule has 7 nitrogen and oxygen atoms in total. The van der Waals surface area contributed by atoms with Crippen LogP contribution in [0.25, 0.3) is 11.1 Å². The normalized spacial score (nSPS) is 31.6. The van der Waals surface area contributed by atoms with E-state index >= 15 is 0 Å². The van der Waals surface area contributed by atoms with Crippen molar-refractivity contribution in [3.63, 3.8) is 0 Å². The van der Waals surface area contributed by atoms with E-state index in [1.54, 1.807) is 6.07 Å². The fourth-order valence-corrected chi connectivity index (χ4v) is 6.09. The number of hydrogen-bond donors (Lipinski definition) is 1. The molecule has 1 aromatic heterocycles. The van der Waals surface area contributed by atoms with Crippen molar-refractivity contribution < 1.29 is 9.21 Å². The first-order valence-corrected chi connectivity index (χ1v) is 11.0. The Bertz CT molecular complexity index is 1170. The minimum absolute atomic E-state index is 0.0304. The van der Waals surface area contributed by atoms with Gasteiger partial charge in [0.15, 0.2) is 5.58 Å². The molecule has 7 heteroatoms. The van der Waals surface area contributed by atoms with Crippen LogP contribution in [0.15, 0.2) is 63.8 Å². The van der Waals surface area contributed by atoms with E-state index in [2.05, 4.69) is 39.4 Å². The van der Waals surface area contributed by atoms with Crippen molar-refractivity contribution in [2.75, 3.05) is 39.3 Å². The van der Waals surface area contributed by atoms with E-state index in [0.717, 1.165) is 39.3 Å². The number of hydrogen-bond acceptors (Lipinski definition) is 5. The SMILES string of the molecule is O=C(Cn1c(=O)oc2ccccc21)N[C@H]1C2CN3CCN(C2)CC1(c1ccccc1)C3. The van der Waals surface area contributed by atoms with Gasteiger partial charge in [-0.05, 0) is 17.7 Å². The Balaban J connectivity index is 1.33. The molecule has 1 N–H and O–H groups in total. The highest BCUT2D eigenvalue weighted by molar-refractivity contribution is 5.80. The van der Waals surface area contributed by atoms with Gasteiger partial charge in [0.05, 0.1) is 5.52 Å². The lowest BCUT2D eigenvalue weighted by atomic mass is 9.64. The first-order chi connectivity index (χ1) is 15.1. The molecule has 31 heavy (non-hydrogen) atoms. The Labute approximate surface area is 180 Å². The van der Waals surface area contributed by atoms with Gasteiger partial charge in [0.25, 0.3) is 0 Å². The van der Waals surface area contributed by atoms with Crippen molar-refractivity contribution in [1.29, 1.82) is 0 Å². The van der Waals surface area contributed by atoms with Crippen LogP contribution in [0.4, 0.5) is 0 Å². The average Bonchev–Trinajstić information content (AvgIpc) is 2.90. The van der Waals surface area contributed by atoms with Gasteiger partial charge in [-0.25, -0.2) is 4.79 Å². The summed E-state index contributed by atoms with van der Waals surface area (Å²) in [5.74, 6) is -0.259. The zero-order valence-electron chi connectivity index (χ0n) is 17.4. The van der Waals surface area contributed by atoms with Crippen LogP contribution in [-0.2, 0) is 16.8 Å². The number of fused-ring (bicyclic) bond motifs is 2. The molecule has 4 bridgehead atoms. The zero-order chi connectivity index (χ0) is 21.0. The van der Waals surface area contributed by atoms with Gasteiger partial charge in [-0.3, -0.25) is 9.36 Å². The van der Waals surface area contributed by atoms with Crippen LogP contribution in [0.5, 0.6) is 0 Å². The quantitative estimate of drug-likeness (QED) is 0.691. The smallest absolute Gasteiger partial charge is 0.408 e. The molecule has 0 saturated carbocycles. The standard InChI is InChI=1S/C24H26N4O3/c29-21(14-28-19-8-4-5-9-20(19)31-23(28)30)25-22-17-12-26-10-11-27(13-17)16-24(22,15-26)18-6-2-1-3-7-18/h1-9,17,22H,10-16H2,(H,25,29)/t17?,22-,24?/m0/s1. The third-order valence-corrected chi connectivity index (χ3v) is 7.34. The molecular weight excluding hydrogens is 392 g/mol. The van der Waals surface area contributed by atoms with Crippen LogP contribution in [0, 0.1) is 5.92 Å². The molecule has 4 fully saturated rings. The second-order valence-corrected chi connectivity index (χ2v) is 9.22. The summed E-state index contributed by atoms with van der Waals surface area (Å²) >= 11 is 0. The summed E-state index contributed by atoms with van der Waals surface area (Å²) in [6.45, 7) is 6.05. The number of carbonyl (C=O) groups excluding carboxylic acids is 1. The highest BCUT2D eigenvalue weighted by Gasteiger charge is 2.55. The molecule has 0 spiro atoms. The third-order valence-electron chi connectivity index (χ3n) is 7.34. The number of nitrogens with one attached hydrogen (secondary N) is 1. The lowest BCUT2D eigenvalue weighted by molar-refractivity contribution is -0.125. The van der Waals surface area contributed by atoms with Crippen LogP contribution in [-0.4, -0.2) is 65.6 Å². The average molecular weight is 418 g/mol. The van der Waals surface area contributed by atoms with Gasteiger partial charge in [-0.2, -0.15) is 0 Å². The molecule has 3 aromatic rings. The predicted molar refractivity (Wildman–Crippen MR) is 117 cm³/mol. The topological polar surface area (TPSA) is 70.7 Å². The van der Waals surface area contributed by atoms with Crippen LogP contribution >= 0.6 is 0 Å². The summed E-state index contributed by atoms with van der Waals surface area (Å²) in [7, 11) is 0. The molecule has 5 heterocycles. The van der Waals surface area contributed by atoms with Crippen LogP contribution in [0.3, 0.4) is 0 Å². The number of oxazole rings is 1. The number of para-hydroxylation sites is 2. The van der Waals surface area contributed by atoms with Crippen molar-refractivity contribution in [2.45, 2.75) is 18.0 Å². The van der Waals surface area contributed by atoms with Gasteiger partial charge in [0.2, 0.25) is 5.91 Å². The summed E-state index contributed by atoms with van der Waals surface area (Å²) < 4.78 is 6.73. The summed E-state index contributed by atoms with van der Waals surface area (Å²) in [5.41, 5.74) is 2.30. The van der Waals surface area contributed by atoms with Crippen LogP contribution in [0.1, 0.15) is 5.56 Å². The first kappa shape index (κ1) is 18.8. The fourth-order valence-electron chi connectivity index (χ4n) is 6.09. The van der Waals surface area contributed by atoms with Crippen molar-refractivity contribution in [3.8, 4) is 0 Å². The number of amides is 1. The van der Waals surface area contributed by atoms with Gasteiger partial charge in [-0.1, -0.05) is 42.5 Å². The Morgan fingerprint density at radius 1 is 1.00 bits per heavy atom. The lowest BCUT2D eigenvalue weighted by Gasteiger charge is -2.55. The molecular formula is C24H26N4O3. The molecule has 0 aliphatic carbocycles. The molecule has 3 atom stereocenters. The van der Waals surface area contributed by atoms with Crippen LogP contribution in [0.2, 0.25) is 0 Å². The highest BCUT2D eigenvalue weighted by Crippen LogP contribution is 2.43. The summed E-state index contributed by atoms with van der Waals surface area (Å²) in [6.07, 6.45) is 0. The zero-order valence-corrected chi connectivity index (χ0v) is 17.4. The summed E-state index contributed by atoms with van der Waals surface area (Å²) in [6, 6.07) is 17.9. The van der Waals surface area contributed by atoms with Gasteiger partial charge < -0.3 is 19.5 Å². The molecule has 2 unspecified atom stereocenters. The highest BCUT2D eigenvalue weighted by atomic mass is 16.4. The minimum Gasteiger partial charge on any atom is -0.408 e. The second-order valence-electron chi connectivity index (χ2n) is 9.22. The number of piperidine rings is 2. The maximum absolute atomic E-state index is 13.2. The Hall–Kier alpha value is -2.90. The van der Waals surface area contributed by atoms with E-state index in [-0.39, 0.29) is 23.9 Å². The number of carbonyl (C=O) groups is 1. The van der Waals surface area contributed by atoms with E-state index in [9.17, 15) is 9.59 Å². The van der Waals surface area contributed by atoms with Gasteiger partial charge in [-0.15, -0.1) is 0 Å². The minimum atomic E-state index is -0.492. The predicted octanol–water partition coefficient (Wildman–Crippen LogP) is 1.28. The monoisotopic (exact) mass is 418 g/mol. The van der Waals surface area contributed by atoms with Crippen molar-refractivity contribution in [2.24, 2.45) is 5.92 Å². The Morgan fingerprint density at radius 3 is 2.42 bits per heavy atom. The van der Waals surface area contributed by atoms with Crippen molar-refractivity contribution in [1.82, 2.24) is 19.7 Å². The number of aromatic nitrogens is 1. The van der Waals surface area contributed by atoms with Gasteiger partial charge in [0.1, 0.15) is 6.54 Å². The fraction of sp³-hybridized carbons (Fsp3) is 0.417. The molecule has 1 amide bonds. The van der Waals surface area contributed by atoms with E-state index < -0.39 is 5.76 Å². The van der Waals surface area contributed by atoms with Crippen molar-refractivity contribution >= 4 is 17.0 Å². The van der Waals surface area contributed by atoms with Gasteiger partial charge >= 0.3 is 5.76 Å². The first-order valence-electron chi connectivity index (χ1n) is 11.0. The Kier molecular flexibility index (Phi) is 4.30. The number of nitrogens with zero attached hydrogens (tertiary/aromatic N) is 3. The summed E-state index contributed by atoms with van der Waals surface area (Å²) in [4.78, 5) is 30.7. The molecule has 4 aliphatic rings. The largest absolute Gasteiger partial charge is 0.420 e. The molecule has 4 saturated heterocycles. The number of benzene rings is 2. The maximum atomic E-state index is 13.2. The second kappa shape index (κ2) is 7.07. The molecule has 7 rings (SSSR count). The number of rotatable bonds is 4. The molecule has 160 valence electrons. The van der Waals surface area contributed by atoms with E-state index in [1.165, 1.54) is 10.1 Å². The summed E-state index contributed by atoms with van der Waals surface area (Å²) in [5, 5.41) is 3.37. The van der Waals surface area contributed by atoms with E-state index in [1.807, 2.05) is 24.3 Å². The van der Waals surface area contributed by atoms with Crippen LogP contribution < -0.4 is 11.1 Å². The third kappa shape index (κ3) is 3.03. The molecule has 2 aromatic carbocycles. The lowest BCUT2D eigenvalue weighted by Crippen LogP contribution is -2.70. The molecule has 0 radical (unpaired) electrons. The van der Waals surface area contributed by atoms with Gasteiger partial charge in [0, 0.05) is 56.6 Å². The molecule has 4 aliphatic heterocycles.